The Hall–Kier alpha value is -0.900. The van der Waals surface area contributed by atoms with Crippen molar-refractivity contribution < 1.29 is 4.74 Å². The standard InChI is InChI=1S/C16H16BrCl2NO/c1-10(2)21-16-6-3-11(7-13(16)17)9-20-12-4-5-14(18)15(19)8-12/h3-8,10,20H,9H2,1-2H3. The van der Waals surface area contributed by atoms with Gasteiger partial charge in [-0.25, -0.2) is 0 Å². The maximum Gasteiger partial charge on any atom is 0.133 e. The number of benzene rings is 2. The fourth-order valence-electron chi connectivity index (χ4n) is 1.81. The quantitative estimate of drug-likeness (QED) is 0.662. The lowest BCUT2D eigenvalue weighted by Crippen LogP contribution is -2.06. The number of rotatable bonds is 5. The van der Waals surface area contributed by atoms with Crippen LogP contribution in [0.5, 0.6) is 5.75 Å². The molecule has 2 aromatic carbocycles. The van der Waals surface area contributed by atoms with E-state index in [1.807, 2.05) is 44.2 Å². The summed E-state index contributed by atoms with van der Waals surface area (Å²) in [5, 5.41) is 4.41. The van der Waals surface area contributed by atoms with E-state index in [1.165, 1.54) is 0 Å². The van der Waals surface area contributed by atoms with Gasteiger partial charge in [0, 0.05) is 12.2 Å². The first-order valence-electron chi connectivity index (χ1n) is 6.59. The lowest BCUT2D eigenvalue weighted by molar-refractivity contribution is 0.241. The van der Waals surface area contributed by atoms with Crippen LogP contribution in [0.15, 0.2) is 40.9 Å². The summed E-state index contributed by atoms with van der Waals surface area (Å²) in [6, 6.07) is 11.5. The SMILES string of the molecule is CC(C)Oc1ccc(CNc2ccc(Cl)c(Cl)c2)cc1Br. The molecule has 0 atom stereocenters. The number of ether oxygens (including phenoxy) is 1. The molecular weight excluding hydrogens is 373 g/mol. The lowest BCUT2D eigenvalue weighted by atomic mass is 10.2. The van der Waals surface area contributed by atoms with E-state index in [9.17, 15) is 0 Å². The molecule has 0 bridgehead atoms. The van der Waals surface area contributed by atoms with Crippen molar-refractivity contribution in [3.63, 3.8) is 0 Å². The Morgan fingerprint density at radius 3 is 2.48 bits per heavy atom. The van der Waals surface area contributed by atoms with Crippen molar-refractivity contribution in [2.75, 3.05) is 5.32 Å². The molecule has 1 N–H and O–H groups in total. The highest BCUT2D eigenvalue weighted by Gasteiger charge is 2.05. The molecule has 21 heavy (non-hydrogen) atoms. The Morgan fingerprint density at radius 2 is 1.86 bits per heavy atom. The van der Waals surface area contributed by atoms with E-state index in [0.717, 1.165) is 21.5 Å². The van der Waals surface area contributed by atoms with Gasteiger partial charge < -0.3 is 10.1 Å². The largest absolute Gasteiger partial charge is 0.490 e. The fourth-order valence-corrected chi connectivity index (χ4v) is 2.63. The third kappa shape index (κ3) is 4.80. The number of hydrogen-bond acceptors (Lipinski definition) is 2. The van der Waals surface area contributed by atoms with Crippen LogP contribution in [0, 0.1) is 0 Å². The van der Waals surface area contributed by atoms with Crippen LogP contribution in [0.1, 0.15) is 19.4 Å². The first-order valence-corrected chi connectivity index (χ1v) is 8.14. The van der Waals surface area contributed by atoms with Crippen LogP contribution in [-0.4, -0.2) is 6.10 Å². The van der Waals surface area contributed by atoms with Crippen LogP contribution < -0.4 is 10.1 Å². The Bertz CT molecular complexity index is 632. The van der Waals surface area contributed by atoms with Gasteiger partial charge in [-0.1, -0.05) is 29.3 Å². The zero-order chi connectivity index (χ0) is 15.4. The molecule has 0 fully saturated rings. The fraction of sp³-hybridized carbons (Fsp3) is 0.250. The lowest BCUT2D eigenvalue weighted by Gasteiger charge is -2.13. The average Bonchev–Trinajstić information content (AvgIpc) is 2.42. The monoisotopic (exact) mass is 387 g/mol. The van der Waals surface area contributed by atoms with E-state index in [-0.39, 0.29) is 6.10 Å². The summed E-state index contributed by atoms with van der Waals surface area (Å²) in [7, 11) is 0. The smallest absolute Gasteiger partial charge is 0.133 e. The first-order chi connectivity index (χ1) is 9.95. The normalized spacial score (nSPS) is 10.8. The van der Waals surface area contributed by atoms with Crippen molar-refractivity contribution in [1.29, 1.82) is 0 Å². The average molecular weight is 389 g/mol. The molecule has 0 aliphatic rings. The number of halogens is 3. The predicted molar refractivity (Wildman–Crippen MR) is 93.7 cm³/mol. The highest BCUT2D eigenvalue weighted by atomic mass is 79.9. The van der Waals surface area contributed by atoms with Crippen LogP contribution in [0.2, 0.25) is 10.0 Å². The van der Waals surface area contributed by atoms with Gasteiger partial charge in [-0.05, 0) is 65.7 Å². The zero-order valence-corrected chi connectivity index (χ0v) is 14.9. The molecule has 2 nitrogen and oxygen atoms in total. The van der Waals surface area contributed by atoms with E-state index in [0.29, 0.717) is 16.6 Å². The molecule has 0 radical (unpaired) electrons. The third-order valence-corrected chi connectivity index (χ3v) is 4.13. The summed E-state index contributed by atoms with van der Waals surface area (Å²) in [6.45, 7) is 4.71. The van der Waals surface area contributed by atoms with E-state index in [1.54, 1.807) is 6.07 Å². The molecule has 0 aromatic heterocycles. The summed E-state index contributed by atoms with van der Waals surface area (Å²) in [5.74, 6) is 0.850. The van der Waals surface area contributed by atoms with Gasteiger partial charge in [0.25, 0.3) is 0 Å². The minimum atomic E-state index is 0.154. The minimum absolute atomic E-state index is 0.154. The molecule has 0 spiro atoms. The Kier molecular flexibility index (Phi) is 5.80. The van der Waals surface area contributed by atoms with Crippen molar-refractivity contribution in [1.82, 2.24) is 0 Å². The van der Waals surface area contributed by atoms with Gasteiger partial charge in [0.1, 0.15) is 5.75 Å². The summed E-state index contributed by atoms with van der Waals surface area (Å²) < 4.78 is 6.64. The number of nitrogens with one attached hydrogen (secondary N) is 1. The van der Waals surface area contributed by atoms with E-state index >= 15 is 0 Å². The van der Waals surface area contributed by atoms with Gasteiger partial charge in [-0.3, -0.25) is 0 Å². The van der Waals surface area contributed by atoms with E-state index in [2.05, 4.69) is 21.2 Å². The highest BCUT2D eigenvalue weighted by molar-refractivity contribution is 9.10. The van der Waals surface area contributed by atoms with E-state index < -0.39 is 0 Å². The molecule has 0 saturated carbocycles. The molecule has 0 aliphatic heterocycles. The van der Waals surface area contributed by atoms with Crippen molar-refractivity contribution >= 4 is 44.8 Å². The third-order valence-electron chi connectivity index (χ3n) is 2.78. The summed E-state index contributed by atoms with van der Waals surface area (Å²) >= 11 is 15.4. The second-order valence-electron chi connectivity index (χ2n) is 4.91. The van der Waals surface area contributed by atoms with Gasteiger partial charge in [-0.2, -0.15) is 0 Å². The maximum atomic E-state index is 5.99. The van der Waals surface area contributed by atoms with Crippen molar-refractivity contribution in [2.24, 2.45) is 0 Å². The summed E-state index contributed by atoms with van der Waals surface area (Å²) in [6.07, 6.45) is 0.154. The summed E-state index contributed by atoms with van der Waals surface area (Å²) in [5.41, 5.74) is 2.08. The number of hydrogen-bond donors (Lipinski definition) is 1. The van der Waals surface area contributed by atoms with E-state index in [4.69, 9.17) is 27.9 Å². The Labute approximate surface area is 143 Å². The van der Waals surface area contributed by atoms with Crippen LogP contribution in [0.3, 0.4) is 0 Å². The van der Waals surface area contributed by atoms with Gasteiger partial charge >= 0.3 is 0 Å². The molecule has 0 amide bonds. The molecule has 0 aliphatic carbocycles. The molecular formula is C16H16BrCl2NO. The molecule has 2 rings (SSSR count). The topological polar surface area (TPSA) is 21.3 Å². The molecule has 5 heteroatoms. The Morgan fingerprint density at radius 1 is 1.10 bits per heavy atom. The van der Waals surface area contributed by atoms with Crippen molar-refractivity contribution in [3.05, 3.63) is 56.5 Å². The molecule has 0 unspecified atom stereocenters. The van der Waals surface area contributed by atoms with Crippen LogP contribution in [-0.2, 0) is 6.54 Å². The van der Waals surface area contributed by atoms with Gasteiger partial charge in [0.05, 0.1) is 20.6 Å². The van der Waals surface area contributed by atoms with Gasteiger partial charge in [0.2, 0.25) is 0 Å². The minimum Gasteiger partial charge on any atom is -0.490 e. The van der Waals surface area contributed by atoms with Crippen molar-refractivity contribution in [2.45, 2.75) is 26.5 Å². The highest BCUT2D eigenvalue weighted by Crippen LogP contribution is 2.28. The molecule has 112 valence electrons. The van der Waals surface area contributed by atoms with Crippen LogP contribution in [0.4, 0.5) is 5.69 Å². The maximum absolute atomic E-state index is 5.99. The first kappa shape index (κ1) is 16.5. The van der Waals surface area contributed by atoms with Crippen LogP contribution >= 0.6 is 39.1 Å². The van der Waals surface area contributed by atoms with Crippen LogP contribution in [0.25, 0.3) is 0 Å². The zero-order valence-electron chi connectivity index (χ0n) is 11.8. The molecule has 0 heterocycles. The van der Waals surface area contributed by atoms with Gasteiger partial charge in [0.15, 0.2) is 0 Å². The number of anilines is 1. The second kappa shape index (κ2) is 7.39. The van der Waals surface area contributed by atoms with Crippen molar-refractivity contribution in [3.8, 4) is 5.75 Å². The molecule has 0 saturated heterocycles. The van der Waals surface area contributed by atoms with Gasteiger partial charge in [-0.15, -0.1) is 0 Å². The second-order valence-corrected chi connectivity index (χ2v) is 6.58. The predicted octanol–water partition coefficient (Wildman–Crippen LogP) is 6.16. The Balaban J connectivity index is 2.03. The summed E-state index contributed by atoms with van der Waals surface area (Å²) in [4.78, 5) is 0. The molecule has 2 aromatic rings.